The first-order valence-corrected chi connectivity index (χ1v) is 9.81. The van der Waals surface area contributed by atoms with Crippen LogP contribution in [0.3, 0.4) is 0 Å². The number of carbonyl (C=O) groups is 1. The van der Waals surface area contributed by atoms with Crippen molar-refractivity contribution in [1.29, 1.82) is 0 Å². The van der Waals surface area contributed by atoms with Crippen LogP contribution in [0.25, 0.3) is 0 Å². The second-order valence-corrected chi connectivity index (χ2v) is 8.28. The third-order valence-electron chi connectivity index (χ3n) is 5.53. The largest absolute Gasteiger partial charge is 0.396 e. The number of halogens is 1. The van der Waals surface area contributed by atoms with E-state index < -0.39 is 0 Å². The fourth-order valence-electron chi connectivity index (χ4n) is 3.99. The zero-order valence-electron chi connectivity index (χ0n) is 14.8. The maximum Gasteiger partial charge on any atom is 0.221 e. The van der Waals surface area contributed by atoms with Gasteiger partial charge < -0.3 is 15.3 Å². The monoisotopic (exact) mass is 364 g/mol. The lowest BCUT2D eigenvalue weighted by Gasteiger charge is -2.42. The summed E-state index contributed by atoms with van der Waals surface area (Å²) in [5.41, 5.74) is 1.08. The summed E-state index contributed by atoms with van der Waals surface area (Å²) >= 11 is 5.96. The first-order chi connectivity index (χ1) is 12.1. The summed E-state index contributed by atoms with van der Waals surface area (Å²) < 4.78 is 0. The van der Waals surface area contributed by atoms with Gasteiger partial charge in [0.05, 0.1) is 0 Å². The van der Waals surface area contributed by atoms with Crippen molar-refractivity contribution in [1.82, 2.24) is 10.2 Å². The summed E-state index contributed by atoms with van der Waals surface area (Å²) in [6, 6.07) is 7.56. The van der Waals surface area contributed by atoms with Crippen LogP contribution in [0, 0.1) is 11.3 Å². The van der Waals surface area contributed by atoms with Crippen molar-refractivity contribution >= 4 is 17.5 Å². The Morgan fingerprint density at radius 2 is 2.24 bits per heavy atom. The van der Waals surface area contributed by atoms with Crippen LogP contribution in [0.5, 0.6) is 0 Å². The number of nitrogens with zero attached hydrogens (tertiary/aromatic N) is 1. The van der Waals surface area contributed by atoms with Crippen molar-refractivity contribution in [2.75, 3.05) is 26.2 Å². The quantitative estimate of drug-likeness (QED) is 0.744. The van der Waals surface area contributed by atoms with E-state index in [1.165, 1.54) is 12.8 Å². The van der Waals surface area contributed by atoms with Crippen molar-refractivity contribution in [3.63, 3.8) is 0 Å². The van der Waals surface area contributed by atoms with Crippen LogP contribution in [0.1, 0.15) is 44.1 Å². The predicted octanol–water partition coefficient (Wildman–Crippen LogP) is 3.22. The number of hydrogen-bond donors (Lipinski definition) is 2. The van der Waals surface area contributed by atoms with E-state index in [1.54, 1.807) is 0 Å². The van der Waals surface area contributed by atoms with E-state index in [-0.39, 0.29) is 17.9 Å². The average Bonchev–Trinajstić information content (AvgIpc) is 3.42. The molecule has 0 bridgehead atoms. The van der Waals surface area contributed by atoms with E-state index in [9.17, 15) is 9.90 Å². The van der Waals surface area contributed by atoms with Crippen LogP contribution in [0.4, 0.5) is 0 Å². The Kier molecular flexibility index (Phi) is 6.37. The average molecular weight is 365 g/mol. The Morgan fingerprint density at radius 3 is 2.96 bits per heavy atom. The fourth-order valence-corrected chi connectivity index (χ4v) is 4.20. The zero-order chi connectivity index (χ0) is 17.7. The van der Waals surface area contributed by atoms with Gasteiger partial charge in [-0.2, -0.15) is 0 Å². The van der Waals surface area contributed by atoms with Gasteiger partial charge in [0.2, 0.25) is 5.91 Å². The number of amides is 1. The molecule has 2 aliphatic rings. The molecular weight excluding hydrogens is 336 g/mol. The van der Waals surface area contributed by atoms with Crippen LogP contribution < -0.4 is 5.32 Å². The minimum atomic E-state index is 0.0662. The van der Waals surface area contributed by atoms with Crippen LogP contribution in [0.2, 0.25) is 5.02 Å². The van der Waals surface area contributed by atoms with Gasteiger partial charge in [0.25, 0.3) is 0 Å². The Bertz CT molecular complexity index is 591. The summed E-state index contributed by atoms with van der Waals surface area (Å²) in [5, 5.41) is 13.6. The van der Waals surface area contributed by atoms with Gasteiger partial charge >= 0.3 is 0 Å². The molecular formula is C20H29ClN2O2. The fraction of sp³-hybridized carbons (Fsp3) is 0.650. The van der Waals surface area contributed by atoms with Gasteiger partial charge in [-0.1, -0.05) is 36.6 Å². The molecule has 0 spiro atoms. The summed E-state index contributed by atoms with van der Waals surface area (Å²) in [6.07, 6.45) is 6.56. The van der Waals surface area contributed by atoms with Crippen molar-refractivity contribution in [3.8, 4) is 0 Å². The minimum Gasteiger partial charge on any atom is -0.396 e. The van der Waals surface area contributed by atoms with E-state index in [0.29, 0.717) is 18.0 Å². The van der Waals surface area contributed by atoms with Gasteiger partial charge in [-0.3, -0.25) is 4.79 Å². The van der Waals surface area contributed by atoms with E-state index in [1.807, 2.05) is 24.3 Å². The van der Waals surface area contributed by atoms with Crippen LogP contribution in [-0.2, 0) is 11.3 Å². The Labute approximate surface area is 155 Å². The van der Waals surface area contributed by atoms with Gasteiger partial charge in [0.1, 0.15) is 0 Å². The lowest BCUT2D eigenvalue weighted by atomic mass is 9.76. The standard InChI is InChI=1S/C20H29ClN2O2/c21-18-4-1-3-17(11-18)13-22-19(25)7-10-23-9-2-8-20(14-23,15-24)12-16-5-6-16/h1,3-4,11,16,24H,2,5-10,12-15H2,(H,22,25)/t20-/m0/s1. The van der Waals surface area contributed by atoms with Gasteiger partial charge in [0, 0.05) is 43.1 Å². The molecule has 1 saturated heterocycles. The predicted molar refractivity (Wildman–Crippen MR) is 100 cm³/mol. The Balaban J connectivity index is 1.41. The first kappa shape index (κ1) is 18.7. The molecule has 4 nitrogen and oxygen atoms in total. The minimum absolute atomic E-state index is 0.0662. The molecule has 138 valence electrons. The number of carbonyl (C=O) groups excluding carboxylic acids is 1. The molecule has 1 amide bonds. The number of aliphatic hydroxyl groups excluding tert-OH is 1. The summed E-state index contributed by atoms with van der Waals surface area (Å²) in [6.45, 7) is 3.53. The van der Waals surface area contributed by atoms with Gasteiger partial charge in [-0.05, 0) is 49.4 Å². The van der Waals surface area contributed by atoms with Crippen molar-refractivity contribution in [2.45, 2.75) is 45.1 Å². The van der Waals surface area contributed by atoms with Gasteiger partial charge in [0.15, 0.2) is 0 Å². The molecule has 0 radical (unpaired) electrons. The molecule has 1 saturated carbocycles. The summed E-state index contributed by atoms with van der Waals surface area (Å²) in [5.74, 6) is 0.899. The molecule has 25 heavy (non-hydrogen) atoms. The normalized spacial score (nSPS) is 24.2. The molecule has 5 heteroatoms. The highest BCUT2D eigenvalue weighted by Crippen LogP contribution is 2.44. The number of aliphatic hydroxyl groups is 1. The third-order valence-corrected chi connectivity index (χ3v) is 5.76. The first-order valence-electron chi connectivity index (χ1n) is 9.43. The smallest absolute Gasteiger partial charge is 0.221 e. The van der Waals surface area contributed by atoms with E-state index in [4.69, 9.17) is 11.6 Å². The molecule has 1 aliphatic heterocycles. The SMILES string of the molecule is O=C(CCN1CCC[C@](CO)(CC2CC2)C1)NCc1cccc(Cl)c1. The van der Waals surface area contributed by atoms with Crippen LogP contribution in [-0.4, -0.2) is 42.2 Å². The zero-order valence-corrected chi connectivity index (χ0v) is 15.6. The lowest BCUT2D eigenvalue weighted by molar-refractivity contribution is -0.121. The lowest BCUT2D eigenvalue weighted by Crippen LogP contribution is -2.46. The second kappa shape index (κ2) is 8.52. The molecule has 1 atom stereocenters. The number of benzene rings is 1. The number of likely N-dealkylation sites (tertiary alicyclic amines) is 1. The third kappa shape index (κ3) is 5.70. The van der Waals surface area contributed by atoms with Gasteiger partial charge in [-0.25, -0.2) is 0 Å². The van der Waals surface area contributed by atoms with Crippen LogP contribution in [0.15, 0.2) is 24.3 Å². The molecule has 0 aromatic heterocycles. The highest BCUT2D eigenvalue weighted by atomic mass is 35.5. The van der Waals surface area contributed by atoms with E-state index >= 15 is 0 Å². The molecule has 1 aliphatic carbocycles. The van der Waals surface area contributed by atoms with E-state index in [0.717, 1.165) is 50.4 Å². The van der Waals surface area contributed by atoms with Crippen molar-refractivity contribution in [2.24, 2.45) is 11.3 Å². The highest BCUT2D eigenvalue weighted by Gasteiger charge is 2.39. The number of rotatable bonds is 8. The van der Waals surface area contributed by atoms with Crippen LogP contribution >= 0.6 is 11.6 Å². The Morgan fingerprint density at radius 1 is 1.40 bits per heavy atom. The molecule has 2 fully saturated rings. The Hall–Kier alpha value is -1.10. The molecule has 2 N–H and O–H groups in total. The summed E-state index contributed by atoms with van der Waals surface area (Å²) in [7, 11) is 0. The number of hydrogen-bond acceptors (Lipinski definition) is 3. The number of piperidine rings is 1. The molecule has 3 rings (SSSR count). The second-order valence-electron chi connectivity index (χ2n) is 7.84. The topological polar surface area (TPSA) is 52.6 Å². The molecule has 1 heterocycles. The van der Waals surface area contributed by atoms with Crippen molar-refractivity contribution in [3.05, 3.63) is 34.9 Å². The van der Waals surface area contributed by atoms with E-state index in [2.05, 4.69) is 10.2 Å². The molecule has 1 aromatic carbocycles. The molecule has 1 aromatic rings. The maximum atomic E-state index is 12.1. The van der Waals surface area contributed by atoms with Crippen molar-refractivity contribution < 1.29 is 9.90 Å². The van der Waals surface area contributed by atoms with Gasteiger partial charge in [-0.15, -0.1) is 0 Å². The highest BCUT2D eigenvalue weighted by molar-refractivity contribution is 6.30. The summed E-state index contributed by atoms with van der Waals surface area (Å²) in [4.78, 5) is 14.5. The molecule has 0 unspecified atom stereocenters. The number of nitrogens with one attached hydrogen (secondary N) is 1. The maximum absolute atomic E-state index is 12.1.